The molecule has 3 rings (SSSR count). The molecule has 1 aromatic heterocycles. The van der Waals surface area contributed by atoms with Gasteiger partial charge < -0.3 is 5.32 Å². The summed E-state index contributed by atoms with van der Waals surface area (Å²) in [5.41, 5.74) is 2.87. The van der Waals surface area contributed by atoms with Crippen molar-refractivity contribution in [1.82, 2.24) is 15.2 Å². The van der Waals surface area contributed by atoms with Crippen LogP contribution in [0.1, 0.15) is 40.5 Å². The summed E-state index contributed by atoms with van der Waals surface area (Å²) in [4.78, 5) is 19.3. The molecule has 0 bridgehead atoms. The van der Waals surface area contributed by atoms with Gasteiger partial charge in [0.15, 0.2) is 0 Å². The van der Waals surface area contributed by atoms with E-state index in [0.717, 1.165) is 18.1 Å². The van der Waals surface area contributed by atoms with Crippen molar-refractivity contribution in [3.05, 3.63) is 51.4 Å². The maximum absolute atomic E-state index is 12.2. The predicted octanol–water partition coefficient (Wildman–Crippen LogP) is 3.75. The number of thiazole rings is 1. The molecule has 0 spiro atoms. The highest BCUT2D eigenvalue weighted by Gasteiger charge is 2.23. The summed E-state index contributed by atoms with van der Waals surface area (Å²) >= 11 is 7.37. The molecule has 122 valence electrons. The van der Waals surface area contributed by atoms with Crippen LogP contribution in [0, 0.1) is 0 Å². The van der Waals surface area contributed by atoms with E-state index in [1.165, 1.54) is 36.2 Å². The van der Waals surface area contributed by atoms with E-state index >= 15 is 0 Å². The van der Waals surface area contributed by atoms with Gasteiger partial charge in [0.25, 0.3) is 5.91 Å². The van der Waals surface area contributed by atoms with E-state index in [0.29, 0.717) is 11.4 Å². The number of nitrogens with one attached hydrogen (secondary N) is 1. The number of nitrogens with zero attached hydrogens (tertiary/aromatic N) is 2. The molecule has 0 radical (unpaired) electrons. The third-order valence-electron chi connectivity index (χ3n) is 4.20. The molecule has 1 aliphatic rings. The molecule has 0 saturated carbocycles. The Bertz CT molecular complexity index is 624. The molecule has 1 aliphatic heterocycles. The highest BCUT2D eigenvalue weighted by atomic mass is 35.5. The summed E-state index contributed by atoms with van der Waals surface area (Å²) < 4.78 is 0. The van der Waals surface area contributed by atoms with Crippen LogP contribution in [0.3, 0.4) is 0 Å². The Morgan fingerprint density at radius 3 is 2.65 bits per heavy atom. The molecule has 1 fully saturated rings. The first-order valence-corrected chi connectivity index (χ1v) is 9.16. The first kappa shape index (κ1) is 16.4. The Kier molecular flexibility index (Phi) is 5.65. The Labute approximate surface area is 145 Å². The first-order valence-electron chi connectivity index (χ1n) is 7.90. The summed E-state index contributed by atoms with van der Waals surface area (Å²) in [5, 5.41) is 3.79. The third-order valence-corrected chi connectivity index (χ3v) is 5.22. The number of likely N-dealkylation sites (tertiary alicyclic amines) is 1. The summed E-state index contributed by atoms with van der Waals surface area (Å²) in [6.07, 6.45) is 5.33. The van der Waals surface area contributed by atoms with Crippen LogP contribution in [0.25, 0.3) is 0 Å². The summed E-state index contributed by atoms with van der Waals surface area (Å²) in [7, 11) is 0. The molecule has 0 unspecified atom stereocenters. The molecule has 2 heterocycles. The lowest BCUT2D eigenvalue weighted by atomic mass is 10.0. The molecule has 4 nitrogen and oxygen atoms in total. The zero-order chi connectivity index (χ0) is 16.1. The van der Waals surface area contributed by atoms with Gasteiger partial charge in [-0.25, -0.2) is 0 Å². The molecule has 0 aliphatic carbocycles. The minimum Gasteiger partial charge on any atom is -0.349 e. The van der Waals surface area contributed by atoms with Crippen molar-refractivity contribution < 1.29 is 4.79 Å². The zero-order valence-electron chi connectivity index (χ0n) is 12.9. The third kappa shape index (κ3) is 4.31. The van der Waals surface area contributed by atoms with Crippen LogP contribution < -0.4 is 5.32 Å². The van der Waals surface area contributed by atoms with Crippen LogP contribution in [0.15, 0.2) is 36.0 Å². The molecule has 1 saturated heterocycles. The van der Waals surface area contributed by atoms with Crippen molar-refractivity contribution in [2.75, 3.05) is 19.6 Å². The van der Waals surface area contributed by atoms with E-state index in [-0.39, 0.29) is 11.9 Å². The minimum atomic E-state index is -0.0523. The number of halogens is 1. The van der Waals surface area contributed by atoms with E-state index in [9.17, 15) is 4.79 Å². The molecule has 23 heavy (non-hydrogen) atoms. The van der Waals surface area contributed by atoms with Crippen molar-refractivity contribution >= 4 is 28.8 Å². The Balaban J connectivity index is 1.72. The second-order valence-corrected chi connectivity index (χ2v) is 7.06. The maximum Gasteiger partial charge on any atom is 0.263 e. The van der Waals surface area contributed by atoms with Gasteiger partial charge in [-0.15, -0.1) is 11.3 Å². The van der Waals surface area contributed by atoms with Crippen LogP contribution in [0.5, 0.6) is 0 Å². The van der Waals surface area contributed by atoms with Crippen molar-refractivity contribution in [3.63, 3.8) is 0 Å². The lowest BCUT2D eigenvalue weighted by molar-refractivity contribution is 0.0928. The van der Waals surface area contributed by atoms with Gasteiger partial charge in [-0.1, -0.05) is 30.2 Å². The van der Waals surface area contributed by atoms with Gasteiger partial charge >= 0.3 is 0 Å². The minimum absolute atomic E-state index is 0.0523. The largest absolute Gasteiger partial charge is 0.349 e. The van der Waals surface area contributed by atoms with Gasteiger partial charge in [0.05, 0.1) is 17.7 Å². The van der Waals surface area contributed by atoms with E-state index in [2.05, 4.69) is 27.3 Å². The van der Waals surface area contributed by atoms with Gasteiger partial charge in [0.1, 0.15) is 4.88 Å². The number of carbonyl (C=O) groups excluding carboxylic acids is 1. The number of carbonyl (C=O) groups is 1. The highest BCUT2D eigenvalue weighted by Crippen LogP contribution is 2.25. The van der Waals surface area contributed by atoms with Gasteiger partial charge in [0.2, 0.25) is 0 Å². The number of rotatable bonds is 5. The smallest absolute Gasteiger partial charge is 0.263 e. The normalized spacial score (nSPS) is 16.9. The second kappa shape index (κ2) is 7.90. The van der Waals surface area contributed by atoms with E-state index in [4.69, 9.17) is 11.6 Å². The lowest BCUT2D eigenvalue weighted by Gasteiger charge is -2.35. The number of hydrogen-bond donors (Lipinski definition) is 1. The van der Waals surface area contributed by atoms with Crippen molar-refractivity contribution in [2.45, 2.75) is 25.3 Å². The number of piperidine rings is 1. The number of amides is 1. The molecule has 1 atom stereocenters. The molecule has 1 N–H and O–H groups in total. The molecule has 1 amide bonds. The van der Waals surface area contributed by atoms with Gasteiger partial charge in [-0.2, -0.15) is 0 Å². The molecular weight excluding hydrogens is 330 g/mol. The van der Waals surface area contributed by atoms with Gasteiger partial charge in [-0.3, -0.25) is 14.7 Å². The van der Waals surface area contributed by atoms with E-state index in [1.807, 2.05) is 12.1 Å². The fourth-order valence-corrected chi connectivity index (χ4v) is 3.64. The average molecular weight is 350 g/mol. The molecule has 1 aromatic carbocycles. The van der Waals surface area contributed by atoms with Crippen LogP contribution in [0.2, 0.25) is 5.02 Å². The fourth-order valence-electron chi connectivity index (χ4n) is 2.98. The van der Waals surface area contributed by atoms with Crippen molar-refractivity contribution in [3.8, 4) is 0 Å². The van der Waals surface area contributed by atoms with Crippen LogP contribution in [0.4, 0.5) is 0 Å². The zero-order valence-corrected chi connectivity index (χ0v) is 14.4. The summed E-state index contributed by atoms with van der Waals surface area (Å²) in [6.45, 7) is 2.74. The summed E-state index contributed by atoms with van der Waals surface area (Å²) in [6, 6.07) is 8.13. The Morgan fingerprint density at radius 2 is 2.00 bits per heavy atom. The highest BCUT2D eigenvalue weighted by molar-refractivity contribution is 7.11. The van der Waals surface area contributed by atoms with Crippen LogP contribution >= 0.6 is 22.9 Å². The number of hydrogen-bond acceptors (Lipinski definition) is 4. The van der Waals surface area contributed by atoms with Crippen LogP contribution in [-0.4, -0.2) is 35.4 Å². The SMILES string of the molecule is O=C(NC[C@@H](c1ccc(Cl)cc1)N1CCCCC1)c1cncs1. The standard InChI is InChI=1S/C17H20ClN3OS/c18-14-6-4-13(5-7-14)15(21-8-2-1-3-9-21)10-20-17(22)16-11-19-12-23-16/h4-7,11-12,15H,1-3,8-10H2,(H,20,22)/t15-/m0/s1. The van der Waals surface area contributed by atoms with Gasteiger partial charge in [0, 0.05) is 11.6 Å². The number of benzene rings is 1. The van der Waals surface area contributed by atoms with Gasteiger partial charge in [-0.05, 0) is 43.6 Å². The second-order valence-electron chi connectivity index (χ2n) is 5.74. The topological polar surface area (TPSA) is 45.2 Å². The number of aromatic nitrogens is 1. The maximum atomic E-state index is 12.2. The van der Waals surface area contributed by atoms with Crippen LogP contribution in [-0.2, 0) is 0 Å². The molecule has 6 heteroatoms. The van der Waals surface area contributed by atoms with Crippen molar-refractivity contribution in [2.24, 2.45) is 0 Å². The fraction of sp³-hybridized carbons (Fsp3) is 0.412. The summed E-state index contributed by atoms with van der Waals surface area (Å²) in [5.74, 6) is -0.0523. The Hall–Kier alpha value is -1.43. The molecular formula is C17H20ClN3OS. The van der Waals surface area contributed by atoms with E-state index in [1.54, 1.807) is 11.7 Å². The Morgan fingerprint density at radius 1 is 1.26 bits per heavy atom. The lowest BCUT2D eigenvalue weighted by Crippen LogP contribution is -2.40. The average Bonchev–Trinajstić information content (AvgIpc) is 3.12. The van der Waals surface area contributed by atoms with Crippen molar-refractivity contribution in [1.29, 1.82) is 0 Å². The quantitative estimate of drug-likeness (QED) is 0.894. The first-order chi connectivity index (χ1) is 11.2. The molecule has 2 aromatic rings. The predicted molar refractivity (Wildman–Crippen MR) is 94.1 cm³/mol. The monoisotopic (exact) mass is 349 g/mol. The van der Waals surface area contributed by atoms with E-state index < -0.39 is 0 Å².